The van der Waals surface area contributed by atoms with E-state index in [1.54, 1.807) is 23.4 Å². The fourth-order valence-corrected chi connectivity index (χ4v) is 4.05. The number of carbonyl (C=O) groups is 2. The van der Waals surface area contributed by atoms with Crippen molar-refractivity contribution < 1.29 is 24.3 Å². The van der Waals surface area contributed by atoms with Crippen LogP contribution in [0.2, 0.25) is 0 Å². The molecule has 1 aliphatic rings. The number of nitrogens with one attached hydrogen (secondary N) is 1. The molecule has 3 N–H and O–H groups in total. The monoisotopic (exact) mass is 487 g/mol. The van der Waals surface area contributed by atoms with Gasteiger partial charge in [0, 0.05) is 24.7 Å². The van der Waals surface area contributed by atoms with Gasteiger partial charge in [-0.05, 0) is 17.7 Å². The number of pyridine rings is 2. The van der Waals surface area contributed by atoms with Crippen molar-refractivity contribution in [2.24, 2.45) is 0 Å². The molecule has 4 heterocycles. The summed E-state index contributed by atoms with van der Waals surface area (Å²) >= 11 is 0. The molecule has 0 saturated heterocycles. The van der Waals surface area contributed by atoms with E-state index in [0.717, 1.165) is 5.56 Å². The van der Waals surface area contributed by atoms with E-state index in [-0.39, 0.29) is 41.8 Å². The van der Waals surface area contributed by atoms with Crippen LogP contribution in [0.3, 0.4) is 0 Å². The van der Waals surface area contributed by atoms with E-state index in [0.29, 0.717) is 22.7 Å². The average molecular weight is 487 g/mol. The molecular formula is C25H21N5O6. The number of hydrogen-bond acceptors (Lipinski definition) is 8. The fourth-order valence-electron chi connectivity index (χ4n) is 4.05. The van der Waals surface area contributed by atoms with Crippen molar-refractivity contribution in [1.29, 1.82) is 0 Å². The average Bonchev–Trinajstić information content (AvgIpc) is 3.34. The van der Waals surface area contributed by atoms with Gasteiger partial charge in [0.25, 0.3) is 11.5 Å². The summed E-state index contributed by atoms with van der Waals surface area (Å²) < 4.78 is 6.67. The molecule has 4 aromatic rings. The zero-order chi connectivity index (χ0) is 25.2. The minimum atomic E-state index is -1.06. The van der Waals surface area contributed by atoms with Gasteiger partial charge in [-0.2, -0.15) is 0 Å². The Morgan fingerprint density at radius 1 is 1.17 bits per heavy atom. The number of amides is 1. The second kappa shape index (κ2) is 9.37. The van der Waals surface area contributed by atoms with Gasteiger partial charge in [-0.3, -0.25) is 14.4 Å². The third-order valence-corrected chi connectivity index (χ3v) is 5.84. The maximum Gasteiger partial charge on any atom is 0.305 e. The van der Waals surface area contributed by atoms with E-state index in [2.05, 4.69) is 15.5 Å². The lowest BCUT2D eigenvalue weighted by molar-refractivity contribution is -0.136. The molecule has 1 aromatic carbocycles. The quantitative estimate of drug-likeness (QED) is 0.336. The van der Waals surface area contributed by atoms with Crippen LogP contribution >= 0.6 is 0 Å². The van der Waals surface area contributed by atoms with Gasteiger partial charge in [0.05, 0.1) is 36.1 Å². The summed E-state index contributed by atoms with van der Waals surface area (Å²) in [5.74, 6) is -2.19. The molecule has 0 unspecified atom stereocenters. The number of carbonyl (C=O) groups excluding carboxylic acids is 1. The Labute approximate surface area is 203 Å². The van der Waals surface area contributed by atoms with Crippen LogP contribution in [0.15, 0.2) is 58.1 Å². The molecule has 3 aromatic heterocycles. The Kier molecular flexibility index (Phi) is 5.95. The first kappa shape index (κ1) is 22.8. The highest BCUT2D eigenvalue weighted by atomic mass is 16.5. The number of carboxylic acid groups (broad SMARTS) is 1. The number of benzene rings is 1. The highest BCUT2D eigenvalue weighted by Gasteiger charge is 2.22. The lowest BCUT2D eigenvalue weighted by Gasteiger charge is -2.22. The number of rotatable bonds is 7. The summed E-state index contributed by atoms with van der Waals surface area (Å²) in [7, 11) is 0. The molecule has 1 aliphatic heterocycles. The van der Waals surface area contributed by atoms with Crippen LogP contribution in [0.25, 0.3) is 23.2 Å². The summed E-state index contributed by atoms with van der Waals surface area (Å²) in [6.45, 7) is 0.430. The first-order valence-electron chi connectivity index (χ1n) is 11.1. The van der Waals surface area contributed by atoms with Gasteiger partial charge in [0.15, 0.2) is 16.9 Å². The highest BCUT2D eigenvalue weighted by Crippen LogP contribution is 2.29. The molecule has 36 heavy (non-hydrogen) atoms. The van der Waals surface area contributed by atoms with E-state index in [4.69, 9.17) is 9.63 Å². The Morgan fingerprint density at radius 3 is 2.75 bits per heavy atom. The number of nitrogens with zero attached hydrogens (tertiary/aromatic N) is 4. The fraction of sp³-hybridized carbons (Fsp3) is 0.160. The van der Waals surface area contributed by atoms with Crippen LogP contribution in [-0.4, -0.2) is 49.9 Å². The molecule has 11 nitrogen and oxygen atoms in total. The van der Waals surface area contributed by atoms with Crippen LogP contribution < -0.4 is 26.4 Å². The Balaban J connectivity index is 1.65. The van der Waals surface area contributed by atoms with Gasteiger partial charge in [-0.25, -0.2) is 4.98 Å². The largest absolute Gasteiger partial charge is 0.505 e. The van der Waals surface area contributed by atoms with E-state index in [9.17, 15) is 19.5 Å². The molecule has 1 amide bonds. The molecule has 182 valence electrons. The topological polar surface area (TPSA) is 151 Å². The zero-order valence-electron chi connectivity index (χ0n) is 18.9. The van der Waals surface area contributed by atoms with E-state index < -0.39 is 17.6 Å². The predicted molar refractivity (Wildman–Crippen MR) is 130 cm³/mol. The van der Waals surface area contributed by atoms with Crippen LogP contribution in [-0.2, 0) is 11.3 Å². The number of aromatic nitrogens is 3. The summed E-state index contributed by atoms with van der Waals surface area (Å²) in [6, 6.07) is 10.9. The number of carboxylic acids is 1. The van der Waals surface area contributed by atoms with Crippen molar-refractivity contribution in [1.82, 2.24) is 20.0 Å². The Bertz CT molecular complexity index is 1660. The molecule has 0 spiro atoms. The van der Waals surface area contributed by atoms with Crippen molar-refractivity contribution in [3.8, 4) is 5.75 Å². The Hall–Kier alpha value is -4.93. The predicted octanol–water partition coefficient (Wildman–Crippen LogP) is 0.382. The maximum atomic E-state index is 13.7. The minimum absolute atomic E-state index is 0.119. The van der Waals surface area contributed by atoms with Crippen LogP contribution in [0.5, 0.6) is 5.75 Å². The second-order valence-corrected chi connectivity index (χ2v) is 8.19. The minimum Gasteiger partial charge on any atom is -0.505 e. The number of fused-ring (bicyclic) bond motifs is 2. The maximum absolute atomic E-state index is 13.7. The van der Waals surface area contributed by atoms with Crippen molar-refractivity contribution in [3.63, 3.8) is 0 Å². The summed E-state index contributed by atoms with van der Waals surface area (Å²) in [5.41, 5.74) is 1.52. The number of anilines is 1. The van der Waals surface area contributed by atoms with Gasteiger partial charge in [-0.15, -0.1) is 0 Å². The lowest BCUT2D eigenvalue weighted by Crippen LogP contribution is -2.36. The number of aromatic hydroxyl groups is 1. The SMILES string of the molecule is O=C(O)CCNC(=O)c1ncc2c(cc(N3C=c4cnoc4=CC3)c(=O)n2Cc2ccccc2)c1O. The highest BCUT2D eigenvalue weighted by molar-refractivity contribution is 6.01. The first-order valence-corrected chi connectivity index (χ1v) is 11.1. The molecule has 0 saturated carbocycles. The normalized spacial score (nSPS) is 12.5. The molecule has 0 aliphatic carbocycles. The van der Waals surface area contributed by atoms with Crippen LogP contribution in [0.1, 0.15) is 22.5 Å². The van der Waals surface area contributed by atoms with Gasteiger partial charge < -0.3 is 29.5 Å². The third kappa shape index (κ3) is 4.29. The van der Waals surface area contributed by atoms with E-state index >= 15 is 0 Å². The second-order valence-electron chi connectivity index (χ2n) is 8.19. The third-order valence-electron chi connectivity index (χ3n) is 5.84. The van der Waals surface area contributed by atoms with E-state index in [1.807, 2.05) is 30.3 Å². The summed E-state index contributed by atoms with van der Waals surface area (Å²) in [5, 5.41) is 27.0. The molecule has 0 radical (unpaired) electrons. The summed E-state index contributed by atoms with van der Waals surface area (Å²) in [4.78, 5) is 42.8. The van der Waals surface area contributed by atoms with Crippen molar-refractivity contribution in [2.75, 3.05) is 18.0 Å². The summed E-state index contributed by atoms with van der Waals surface area (Å²) in [6.07, 6.45) is 6.16. The molecular weight excluding hydrogens is 466 g/mol. The molecule has 0 bridgehead atoms. The van der Waals surface area contributed by atoms with Crippen molar-refractivity contribution >= 4 is 40.7 Å². The number of hydrogen-bond donors (Lipinski definition) is 3. The zero-order valence-corrected chi connectivity index (χ0v) is 18.9. The standard InChI is InChI=1S/C25H21N5O6/c31-21(32)6-8-26-24(34)22-23(33)17-10-18(29-9-7-20-16(14-29)11-28-36-20)25(35)30(19(17)12-27-22)13-15-4-2-1-3-5-15/h1-5,7,10-12,14,33H,6,8-9,13H2,(H,26,34)(H,31,32). The van der Waals surface area contributed by atoms with Crippen molar-refractivity contribution in [3.05, 3.63) is 81.0 Å². The van der Waals surface area contributed by atoms with Gasteiger partial charge in [0.1, 0.15) is 5.69 Å². The molecule has 0 fully saturated rings. The van der Waals surface area contributed by atoms with Crippen LogP contribution in [0.4, 0.5) is 5.69 Å². The Morgan fingerprint density at radius 2 is 1.97 bits per heavy atom. The lowest BCUT2D eigenvalue weighted by atomic mass is 10.1. The van der Waals surface area contributed by atoms with E-state index in [1.165, 1.54) is 16.8 Å². The number of aliphatic carboxylic acids is 1. The van der Waals surface area contributed by atoms with Crippen LogP contribution in [0, 0.1) is 0 Å². The molecule has 11 heteroatoms. The first-order chi connectivity index (χ1) is 17.4. The smallest absolute Gasteiger partial charge is 0.305 e. The molecule has 5 rings (SSSR count). The molecule has 0 atom stereocenters. The van der Waals surface area contributed by atoms with Gasteiger partial charge in [-0.1, -0.05) is 35.5 Å². The van der Waals surface area contributed by atoms with Gasteiger partial charge in [0.2, 0.25) is 0 Å². The van der Waals surface area contributed by atoms with Gasteiger partial charge >= 0.3 is 5.97 Å². The van der Waals surface area contributed by atoms with Crippen molar-refractivity contribution in [2.45, 2.75) is 13.0 Å².